The van der Waals surface area contributed by atoms with Crippen LogP contribution >= 0.6 is 0 Å². The van der Waals surface area contributed by atoms with E-state index >= 15 is 0 Å². The maximum atomic E-state index is 14.7. The number of alkyl carbamates (subject to hydrolysis) is 1. The largest absolute Gasteiger partial charge is 0.458 e. The third kappa shape index (κ3) is 15.9. The summed E-state index contributed by atoms with van der Waals surface area (Å²) in [7, 11) is 1.45. The van der Waals surface area contributed by atoms with Crippen LogP contribution in [0.4, 0.5) is 4.79 Å². The van der Waals surface area contributed by atoms with Crippen LogP contribution in [0.3, 0.4) is 0 Å². The number of carbonyl (C=O) groups is 3. The molecule has 0 saturated carbocycles. The van der Waals surface area contributed by atoms with Crippen molar-refractivity contribution in [1.29, 1.82) is 0 Å². The Morgan fingerprint density at radius 2 is 0.960 bits per heavy atom. The van der Waals surface area contributed by atoms with E-state index in [0.29, 0.717) is 0 Å². The first-order chi connectivity index (χ1) is 36.5. The Morgan fingerprint density at radius 3 is 1.45 bits per heavy atom. The van der Waals surface area contributed by atoms with Gasteiger partial charge in [0.25, 0.3) is 0 Å². The first-order valence-electron chi connectivity index (χ1n) is 25.0. The van der Waals surface area contributed by atoms with E-state index in [9.17, 15) is 14.4 Å². The number of esters is 2. The van der Waals surface area contributed by atoms with Gasteiger partial charge in [0.15, 0.2) is 24.8 Å². The van der Waals surface area contributed by atoms with Crippen molar-refractivity contribution in [2.75, 3.05) is 13.7 Å². The lowest BCUT2D eigenvalue weighted by atomic mass is 9.94. The van der Waals surface area contributed by atoms with Gasteiger partial charge in [0, 0.05) is 7.11 Å². The van der Waals surface area contributed by atoms with Crippen LogP contribution in [0.25, 0.3) is 0 Å². The molecule has 0 aliphatic carbocycles. The average Bonchev–Trinajstić information content (AvgIpc) is 3.44. The maximum absolute atomic E-state index is 14.7. The Bertz CT molecular complexity index is 2640. The van der Waals surface area contributed by atoms with Crippen LogP contribution in [0, 0.1) is 0 Å². The van der Waals surface area contributed by atoms with Crippen LogP contribution in [0.5, 0.6) is 0 Å². The molecule has 0 bridgehead atoms. The van der Waals surface area contributed by atoms with Crippen molar-refractivity contribution >= 4 is 18.0 Å². The molecule has 10 atom stereocenters. The molecule has 0 unspecified atom stereocenters. The number of amides is 1. The summed E-state index contributed by atoms with van der Waals surface area (Å²) in [5.74, 6) is -1.52. The molecular weight excluding hydrogens is 959 g/mol. The third-order valence-electron chi connectivity index (χ3n) is 12.3. The first-order valence-corrected chi connectivity index (χ1v) is 25.0. The highest BCUT2D eigenvalue weighted by Gasteiger charge is 2.57. The van der Waals surface area contributed by atoms with Crippen LogP contribution in [-0.2, 0) is 89.9 Å². The molecule has 2 heterocycles. The van der Waals surface area contributed by atoms with Crippen LogP contribution in [0.1, 0.15) is 58.9 Å². The summed E-state index contributed by atoms with van der Waals surface area (Å²) in [6.07, 6.45) is -12.5. The third-order valence-corrected chi connectivity index (χ3v) is 12.3. The Labute approximate surface area is 438 Å². The summed E-state index contributed by atoms with van der Waals surface area (Å²) < 4.78 is 71.9. The second-order valence-electron chi connectivity index (χ2n) is 19.1. The quantitative estimate of drug-likeness (QED) is 0.0505. The zero-order valence-corrected chi connectivity index (χ0v) is 42.6. The number of benzene rings is 6. The summed E-state index contributed by atoms with van der Waals surface area (Å²) in [6, 6.07) is 54.5. The summed E-state index contributed by atoms with van der Waals surface area (Å²) in [5, 5.41) is 2.95. The summed E-state index contributed by atoms with van der Waals surface area (Å²) in [4.78, 5) is 43.1. The molecule has 1 N–H and O–H groups in total. The van der Waals surface area contributed by atoms with Crippen molar-refractivity contribution in [1.82, 2.24) is 5.32 Å². The highest BCUT2D eigenvalue weighted by molar-refractivity contribution is 5.89. The summed E-state index contributed by atoms with van der Waals surface area (Å²) in [6.45, 7) is 5.36. The monoisotopic (exact) mass is 1020 g/mol. The SMILES string of the molecule is CO[C@H]1O[C@H](COCc2ccccc2)[C@@H](O[C@@H]2O[C@@H](C(=O)OC(C)(C)C)[C@@H](OCc3ccccc3)[C@H](OCc3ccccc3)[C@H]2OC(=O)c2ccccc2)[C@H](OCc2ccccc2)[C@H]1NC(=O)OCc1ccccc1. The van der Waals surface area contributed by atoms with Crippen LogP contribution in [0.2, 0.25) is 0 Å². The Morgan fingerprint density at radius 1 is 0.507 bits per heavy atom. The van der Waals surface area contributed by atoms with Gasteiger partial charge in [0.05, 0.1) is 38.6 Å². The predicted molar refractivity (Wildman–Crippen MR) is 275 cm³/mol. The van der Waals surface area contributed by atoms with Gasteiger partial charge in [-0.05, 0) is 60.7 Å². The molecule has 15 nitrogen and oxygen atoms in total. The normalized spacial score (nSPS) is 23.6. The topological polar surface area (TPSA) is 165 Å². The number of rotatable bonds is 22. The van der Waals surface area contributed by atoms with Crippen molar-refractivity contribution < 1.29 is 66.5 Å². The fourth-order valence-electron chi connectivity index (χ4n) is 8.71. The minimum absolute atomic E-state index is 0.00174. The van der Waals surface area contributed by atoms with Crippen molar-refractivity contribution in [3.63, 3.8) is 0 Å². The van der Waals surface area contributed by atoms with Gasteiger partial charge in [-0.3, -0.25) is 0 Å². The number of ether oxygens (including phenoxy) is 11. The number of hydrogen-bond acceptors (Lipinski definition) is 14. The molecule has 1 amide bonds. The smallest absolute Gasteiger partial charge is 0.407 e. The van der Waals surface area contributed by atoms with E-state index in [-0.39, 0.29) is 45.2 Å². The fraction of sp³-hybridized carbons (Fsp3) is 0.350. The van der Waals surface area contributed by atoms with Gasteiger partial charge in [-0.25, -0.2) is 14.4 Å². The van der Waals surface area contributed by atoms with E-state index in [0.717, 1.165) is 27.8 Å². The molecular formula is C60H65NO14. The van der Waals surface area contributed by atoms with Gasteiger partial charge in [-0.15, -0.1) is 0 Å². The molecule has 75 heavy (non-hydrogen) atoms. The molecule has 394 valence electrons. The Hall–Kier alpha value is -6.79. The number of methoxy groups -OCH3 is 1. The van der Waals surface area contributed by atoms with Crippen LogP contribution in [0.15, 0.2) is 182 Å². The van der Waals surface area contributed by atoms with Gasteiger partial charge in [0.2, 0.25) is 0 Å². The van der Waals surface area contributed by atoms with E-state index in [2.05, 4.69) is 5.32 Å². The van der Waals surface area contributed by atoms with Crippen LogP contribution < -0.4 is 5.32 Å². The predicted octanol–water partition coefficient (Wildman–Crippen LogP) is 9.30. The lowest BCUT2D eigenvalue weighted by Crippen LogP contribution is -2.69. The Kier molecular flexibility index (Phi) is 19.7. The molecule has 6 aromatic carbocycles. The second kappa shape index (κ2) is 27.1. The van der Waals surface area contributed by atoms with E-state index < -0.39 is 85.0 Å². The minimum atomic E-state index is -1.63. The first kappa shape index (κ1) is 54.5. The summed E-state index contributed by atoms with van der Waals surface area (Å²) >= 11 is 0. The van der Waals surface area contributed by atoms with E-state index in [1.165, 1.54) is 7.11 Å². The number of nitrogens with one attached hydrogen (secondary N) is 1. The lowest BCUT2D eigenvalue weighted by Gasteiger charge is -2.49. The molecule has 2 aliphatic heterocycles. The van der Waals surface area contributed by atoms with Gasteiger partial charge in [-0.1, -0.05) is 170 Å². The molecule has 2 aliphatic rings. The minimum Gasteiger partial charge on any atom is -0.458 e. The zero-order valence-electron chi connectivity index (χ0n) is 42.6. The lowest BCUT2D eigenvalue weighted by molar-refractivity contribution is -0.353. The Balaban J connectivity index is 1.22. The van der Waals surface area contributed by atoms with E-state index in [4.69, 9.17) is 52.1 Å². The molecule has 6 aromatic rings. The second-order valence-corrected chi connectivity index (χ2v) is 19.1. The van der Waals surface area contributed by atoms with E-state index in [1.807, 2.05) is 152 Å². The zero-order chi connectivity index (χ0) is 52.4. The van der Waals surface area contributed by atoms with Crippen molar-refractivity contribution in [2.45, 2.75) is 121 Å². The van der Waals surface area contributed by atoms with Gasteiger partial charge >= 0.3 is 18.0 Å². The van der Waals surface area contributed by atoms with Gasteiger partial charge in [0.1, 0.15) is 48.8 Å². The van der Waals surface area contributed by atoms with Crippen LogP contribution in [-0.4, -0.2) is 98.7 Å². The molecule has 0 spiro atoms. The van der Waals surface area contributed by atoms with Crippen molar-refractivity contribution in [2.24, 2.45) is 0 Å². The van der Waals surface area contributed by atoms with Gasteiger partial charge < -0.3 is 57.4 Å². The molecule has 2 fully saturated rings. The molecule has 0 radical (unpaired) electrons. The fourth-order valence-corrected chi connectivity index (χ4v) is 8.71. The highest BCUT2D eigenvalue weighted by atomic mass is 16.8. The summed E-state index contributed by atoms with van der Waals surface area (Å²) in [5.41, 5.74) is 3.31. The maximum Gasteiger partial charge on any atom is 0.407 e. The van der Waals surface area contributed by atoms with Crippen molar-refractivity contribution in [3.8, 4) is 0 Å². The van der Waals surface area contributed by atoms with E-state index in [1.54, 1.807) is 51.1 Å². The molecule has 2 saturated heterocycles. The number of carbonyl (C=O) groups excluding carboxylic acids is 3. The van der Waals surface area contributed by atoms with Crippen molar-refractivity contribution in [3.05, 3.63) is 215 Å². The highest BCUT2D eigenvalue weighted by Crippen LogP contribution is 2.37. The molecule has 0 aromatic heterocycles. The average molecular weight is 1020 g/mol. The standard InChI is InChI=1S/C60H65NO14/c1-60(2,3)75-56(63)53-51(68-37-43-27-15-7-16-28-43)52(69-38-44-29-17-8-18-30-44)54(72-55(62)46-33-21-10-22-34-46)58(74-53)73-49-47(40-66-35-41-23-11-5-12-24-41)71-57(65-4)48(50(49)67-36-42-25-13-6-14-26-42)61-59(64)70-39-45-31-19-9-20-32-45/h5-34,47-54,57-58H,35-40H2,1-4H3,(H,61,64)/t47-,48-,49-,50-,51+,52+,53-,54-,57+,58-/m1/s1. The molecule has 8 rings (SSSR count). The van der Waals surface area contributed by atoms with Gasteiger partial charge in [-0.2, -0.15) is 0 Å². The molecule has 15 heteroatoms. The number of hydrogen-bond donors (Lipinski definition) is 1.